The molecule has 0 bridgehead atoms. The molecule has 0 amide bonds. The molecule has 3 fully saturated rings. The minimum atomic E-state index is -0.783. The highest BCUT2D eigenvalue weighted by Gasteiger charge is 2.36. The largest absolute Gasteiger partial charge is 0.384 e. The fraction of sp³-hybridized carbons (Fsp3) is 0.682. The maximum Gasteiger partial charge on any atom is 0.107 e. The lowest BCUT2D eigenvalue weighted by Crippen LogP contribution is -2.43. The van der Waals surface area contributed by atoms with Gasteiger partial charge in [-0.3, -0.25) is 9.88 Å². The Kier molecular flexibility index (Phi) is 5.44. The molecule has 1 aromatic rings. The molecule has 1 aromatic heterocycles. The van der Waals surface area contributed by atoms with E-state index in [1.807, 2.05) is 12.3 Å². The van der Waals surface area contributed by atoms with Crippen molar-refractivity contribution in [2.45, 2.75) is 75.5 Å². The molecule has 0 spiro atoms. The van der Waals surface area contributed by atoms with E-state index < -0.39 is 5.60 Å². The van der Waals surface area contributed by atoms with E-state index in [-0.39, 0.29) is 6.10 Å². The number of hydrogen-bond donors (Lipinski definition) is 1. The highest BCUT2D eigenvalue weighted by atomic mass is 16.5. The van der Waals surface area contributed by atoms with E-state index >= 15 is 0 Å². The predicted molar refractivity (Wildman–Crippen MR) is 104 cm³/mol. The van der Waals surface area contributed by atoms with Gasteiger partial charge in [0, 0.05) is 32.4 Å². The summed E-state index contributed by atoms with van der Waals surface area (Å²) in [4.78, 5) is 7.28. The van der Waals surface area contributed by atoms with E-state index in [2.05, 4.69) is 22.0 Å². The Morgan fingerprint density at radius 3 is 2.42 bits per heavy atom. The van der Waals surface area contributed by atoms with Gasteiger partial charge in [0.25, 0.3) is 0 Å². The van der Waals surface area contributed by atoms with Gasteiger partial charge in [-0.25, -0.2) is 0 Å². The van der Waals surface area contributed by atoms with E-state index in [4.69, 9.17) is 4.74 Å². The summed E-state index contributed by atoms with van der Waals surface area (Å²) < 4.78 is 5.41. The summed E-state index contributed by atoms with van der Waals surface area (Å²) in [6, 6.07) is 5.00. The zero-order valence-corrected chi connectivity index (χ0v) is 16.0. The zero-order valence-electron chi connectivity index (χ0n) is 16.0. The van der Waals surface area contributed by atoms with Crippen LogP contribution in [-0.2, 0) is 10.3 Å². The molecular weight excluding hydrogens is 324 g/mol. The Morgan fingerprint density at radius 2 is 1.88 bits per heavy atom. The molecule has 4 nitrogen and oxygen atoms in total. The Labute approximate surface area is 157 Å². The summed E-state index contributed by atoms with van der Waals surface area (Å²) in [5.74, 6) is 0. The molecule has 0 unspecified atom stereocenters. The van der Waals surface area contributed by atoms with Crippen LogP contribution in [0.5, 0.6) is 0 Å². The fourth-order valence-corrected chi connectivity index (χ4v) is 4.63. The number of aromatic nitrogens is 1. The molecule has 2 heterocycles. The number of ether oxygens (including phenoxy) is 1. The summed E-state index contributed by atoms with van der Waals surface area (Å²) >= 11 is 0. The Morgan fingerprint density at radius 1 is 1.15 bits per heavy atom. The molecule has 0 atom stereocenters. The average Bonchev–Trinajstić information content (AvgIpc) is 2.63. The van der Waals surface area contributed by atoms with E-state index in [0.717, 1.165) is 43.0 Å². The van der Waals surface area contributed by atoms with Crippen LogP contribution >= 0.6 is 0 Å². The van der Waals surface area contributed by atoms with Gasteiger partial charge in [0.2, 0.25) is 0 Å². The van der Waals surface area contributed by atoms with Crippen molar-refractivity contribution in [3.05, 3.63) is 35.2 Å². The number of piperidine rings is 1. The van der Waals surface area contributed by atoms with Crippen molar-refractivity contribution in [1.82, 2.24) is 9.88 Å². The molecule has 1 N–H and O–H groups in total. The van der Waals surface area contributed by atoms with Gasteiger partial charge in [-0.2, -0.15) is 0 Å². The summed E-state index contributed by atoms with van der Waals surface area (Å²) in [6.07, 6.45) is 14.4. The first-order valence-electron chi connectivity index (χ1n) is 10.3. The maximum atomic E-state index is 10.9. The van der Waals surface area contributed by atoms with E-state index in [1.54, 1.807) is 7.11 Å². The van der Waals surface area contributed by atoms with Crippen LogP contribution in [0.25, 0.3) is 6.08 Å². The molecule has 0 aromatic carbocycles. The molecular formula is C22H32N2O2. The van der Waals surface area contributed by atoms with Crippen LogP contribution in [0.3, 0.4) is 0 Å². The standard InChI is InChI=1S/C22H32N2O2/c1-26-20-7-11-22(25,12-8-20)21-6-5-18(16-23-21)15-17-9-13-24(14-10-17)19-3-2-4-19/h5-6,15-16,19-20,25H,2-4,7-14H2,1H3. The first kappa shape index (κ1) is 18.1. The summed E-state index contributed by atoms with van der Waals surface area (Å²) in [5.41, 5.74) is 2.73. The second-order valence-electron chi connectivity index (χ2n) is 8.37. The molecule has 142 valence electrons. The van der Waals surface area contributed by atoms with Crippen LogP contribution < -0.4 is 0 Å². The van der Waals surface area contributed by atoms with Gasteiger partial charge in [-0.15, -0.1) is 0 Å². The lowest BCUT2D eigenvalue weighted by atomic mass is 9.80. The topological polar surface area (TPSA) is 45.6 Å². The fourth-order valence-electron chi connectivity index (χ4n) is 4.63. The van der Waals surface area contributed by atoms with E-state index in [1.165, 1.54) is 50.8 Å². The van der Waals surface area contributed by atoms with Crippen LogP contribution in [0.4, 0.5) is 0 Å². The number of likely N-dealkylation sites (tertiary alicyclic amines) is 1. The lowest BCUT2D eigenvalue weighted by Gasteiger charge is -2.40. The Bertz CT molecular complexity index is 618. The smallest absolute Gasteiger partial charge is 0.107 e. The van der Waals surface area contributed by atoms with Crippen molar-refractivity contribution >= 4 is 6.08 Å². The van der Waals surface area contributed by atoms with E-state index in [0.29, 0.717) is 0 Å². The number of aliphatic hydroxyl groups is 1. The molecule has 26 heavy (non-hydrogen) atoms. The SMILES string of the molecule is COC1CCC(O)(c2ccc(C=C3CCN(C4CCC4)CC3)cn2)CC1. The van der Waals surface area contributed by atoms with Gasteiger partial charge < -0.3 is 9.84 Å². The van der Waals surface area contributed by atoms with Gasteiger partial charge >= 0.3 is 0 Å². The van der Waals surface area contributed by atoms with Crippen molar-refractivity contribution in [2.75, 3.05) is 20.2 Å². The van der Waals surface area contributed by atoms with Crippen molar-refractivity contribution in [1.29, 1.82) is 0 Å². The van der Waals surface area contributed by atoms with Crippen LogP contribution in [0.15, 0.2) is 23.9 Å². The number of methoxy groups -OCH3 is 1. The minimum Gasteiger partial charge on any atom is -0.384 e. The lowest BCUT2D eigenvalue weighted by molar-refractivity contribution is -0.0500. The Hall–Kier alpha value is -1.23. The molecule has 2 aliphatic carbocycles. The number of nitrogens with zero attached hydrogens (tertiary/aromatic N) is 2. The molecule has 3 aliphatic rings. The van der Waals surface area contributed by atoms with Gasteiger partial charge in [0.05, 0.1) is 11.8 Å². The van der Waals surface area contributed by atoms with E-state index in [9.17, 15) is 5.11 Å². The Balaban J connectivity index is 1.36. The first-order chi connectivity index (χ1) is 12.7. The third-order valence-corrected chi connectivity index (χ3v) is 6.76. The quantitative estimate of drug-likeness (QED) is 0.889. The molecule has 4 heteroatoms. The monoisotopic (exact) mass is 356 g/mol. The average molecular weight is 357 g/mol. The third kappa shape index (κ3) is 3.88. The highest BCUT2D eigenvalue weighted by Crippen LogP contribution is 2.37. The molecule has 0 radical (unpaired) electrons. The first-order valence-corrected chi connectivity index (χ1v) is 10.3. The van der Waals surface area contributed by atoms with Crippen LogP contribution in [-0.4, -0.2) is 47.3 Å². The predicted octanol–water partition coefficient (Wildman–Crippen LogP) is 3.89. The second-order valence-corrected chi connectivity index (χ2v) is 8.37. The summed E-state index contributed by atoms with van der Waals surface area (Å²) in [7, 11) is 1.76. The van der Waals surface area contributed by atoms with Crippen molar-refractivity contribution in [2.24, 2.45) is 0 Å². The summed E-state index contributed by atoms with van der Waals surface area (Å²) in [5, 5.41) is 10.9. The summed E-state index contributed by atoms with van der Waals surface area (Å²) in [6.45, 7) is 2.42. The van der Waals surface area contributed by atoms with Gasteiger partial charge in [-0.05, 0) is 63.0 Å². The zero-order chi connectivity index (χ0) is 18.0. The maximum absolute atomic E-state index is 10.9. The minimum absolute atomic E-state index is 0.282. The normalized spacial score (nSPS) is 30.8. The van der Waals surface area contributed by atoms with Crippen molar-refractivity contribution in [3.63, 3.8) is 0 Å². The highest BCUT2D eigenvalue weighted by molar-refractivity contribution is 5.52. The van der Waals surface area contributed by atoms with Crippen LogP contribution in [0, 0.1) is 0 Å². The molecule has 1 saturated heterocycles. The van der Waals surface area contributed by atoms with Crippen LogP contribution in [0.2, 0.25) is 0 Å². The molecule has 4 rings (SSSR count). The molecule has 1 aliphatic heterocycles. The van der Waals surface area contributed by atoms with Crippen molar-refractivity contribution in [3.8, 4) is 0 Å². The molecule has 2 saturated carbocycles. The number of rotatable bonds is 4. The second kappa shape index (κ2) is 7.79. The number of hydrogen-bond acceptors (Lipinski definition) is 4. The number of pyridine rings is 1. The van der Waals surface area contributed by atoms with Crippen molar-refractivity contribution < 1.29 is 9.84 Å². The van der Waals surface area contributed by atoms with Gasteiger partial charge in [-0.1, -0.05) is 24.1 Å². The van der Waals surface area contributed by atoms with Gasteiger partial charge in [0.1, 0.15) is 5.60 Å². The van der Waals surface area contributed by atoms with Crippen LogP contribution in [0.1, 0.15) is 69.0 Å². The van der Waals surface area contributed by atoms with Gasteiger partial charge in [0.15, 0.2) is 0 Å². The third-order valence-electron chi connectivity index (χ3n) is 6.76.